The minimum absolute atomic E-state index is 0.0323. The number of nitrogens with zero attached hydrogens (tertiary/aromatic N) is 7. The molecule has 45 heavy (non-hydrogen) atoms. The number of rotatable bonds is 5. The van der Waals surface area contributed by atoms with E-state index in [4.69, 9.17) is 14.5 Å². The number of piperazine rings is 1. The molecule has 238 valence electrons. The first kappa shape index (κ1) is 29.6. The highest BCUT2D eigenvalue weighted by Crippen LogP contribution is 2.41. The highest BCUT2D eigenvalue weighted by molar-refractivity contribution is 5.98. The third-order valence-electron chi connectivity index (χ3n) is 9.17. The molecule has 3 aliphatic heterocycles. The number of fused-ring (bicyclic) bond motifs is 3. The van der Waals surface area contributed by atoms with Crippen LogP contribution >= 0.6 is 0 Å². The van der Waals surface area contributed by atoms with E-state index in [0.717, 1.165) is 35.9 Å². The first-order valence-electron chi connectivity index (χ1n) is 15.6. The number of halogens is 2. The number of aryl methyl sites for hydroxylation is 1. The van der Waals surface area contributed by atoms with Gasteiger partial charge in [0.15, 0.2) is 5.82 Å². The van der Waals surface area contributed by atoms with Crippen LogP contribution in [0.3, 0.4) is 0 Å². The average Bonchev–Trinajstić information content (AvgIpc) is 3.70. The molecule has 0 bridgehead atoms. The molecule has 2 atom stereocenters. The van der Waals surface area contributed by atoms with E-state index in [9.17, 15) is 9.18 Å². The summed E-state index contributed by atoms with van der Waals surface area (Å²) in [6.07, 6.45) is 4.20. The highest BCUT2D eigenvalue weighted by Gasteiger charge is 2.49. The molecular formula is C32H38F2N8O3. The summed E-state index contributed by atoms with van der Waals surface area (Å²) in [4.78, 5) is 32.5. The van der Waals surface area contributed by atoms with Gasteiger partial charge in [0.25, 0.3) is 0 Å². The quantitative estimate of drug-likeness (QED) is 0.328. The average molecular weight is 621 g/mol. The van der Waals surface area contributed by atoms with Crippen molar-refractivity contribution < 1.29 is 23.0 Å². The zero-order valence-electron chi connectivity index (χ0n) is 26.1. The molecule has 3 aliphatic rings. The minimum atomic E-state index is -0.900. The number of nitrogens with one attached hydrogen (secondary N) is 1. The zero-order valence-corrected chi connectivity index (χ0v) is 26.1. The van der Waals surface area contributed by atoms with E-state index < -0.39 is 23.1 Å². The fraction of sp³-hybridized carbons (Fsp3) is 0.531. The Labute approximate surface area is 259 Å². The minimum Gasteiger partial charge on any atom is -0.461 e. The standard InChI is InChI=1S/C32H38F2N8O3/c1-19-6-7-23-21(16-36-39-23)24(19)27-25(34)26-22(15-35-27)28(40-10-12-41(13-11-40)30(43)45-31(2,3)4)38-29(37-26)44-18-32-8-5-9-42(32)17-20(33)14-32/h6-7,15-16,20H,5,8-14,17-18H2,1-4H3,(H,36,39)/t20-,32+/m1/s1. The van der Waals surface area contributed by atoms with Gasteiger partial charge in [-0.1, -0.05) is 6.07 Å². The second-order valence-corrected chi connectivity index (χ2v) is 13.4. The highest BCUT2D eigenvalue weighted by atomic mass is 19.1. The van der Waals surface area contributed by atoms with Crippen LogP contribution in [-0.4, -0.2) is 104 Å². The Morgan fingerprint density at radius 3 is 2.69 bits per heavy atom. The van der Waals surface area contributed by atoms with Crippen molar-refractivity contribution in [2.75, 3.05) is 50.8 Å². The first-order valence-corrected chi connectivity index (χ1v) is 15.6. The van der Waals surface area contributed by atoms with E-state index in [-0.39, 0.29) is 29.9 Å². The number of pyridine rings is 1. The molecule has 0 aliphatic carbocycles. The molecule has 3 fully saturated rings. The molecule has 0 radical (unpaired) electrons. The van der Waals surface area contributed by atoms with Gasteiger partial charge in [-0.2, -0.15) is 15.1 Å². The number of amides is 1. The Hall–Kier alpha value is -4.13. The van der Waals surface area contributed by atoms with Crippen molar-refractivity contribution in [1.29, 1.82) is 0 Å². The molecule has 0 saturated carbocycles. The maximum atomic E-state index is 16.6. The second-order valence-electron chi connectivity index (χ2n) is 13.4. The van der Waals surface area contributed by atoms with E-state index in [2.05, 4.69) is 25.1 Å². The lowest BCUT2D eigenvalue weighted by atomic mass is 9.95. The van der Waals surface area contributed by atoms with Crippen molar-refractivity contribution in [2.45, 2.75) is 64.3 Å². The van der Waals surface area contributed by atoms with Crippen LogP contribution in [0.1, 0.15) is 45.6 Å². The van der Waals surface area contributed by atoms with Gasteiger partial charge >= 0.3 is 12.1 Å². The van der Waals surface area contributed by atoms with Gasteiger partial charge in [-0.3, -0.25) is 15.0 Å². The summed E-state index contributed by atoms with van der Waals surface area (Å²) >= 11 is 0. The molecule has 3 saturated heterocycles. The van der Waals surface area contributed by atoms with E-state index in [0.29, 0.717) is 55.9 Å². The summed E-state index contributed by atoms with van der Waals surface area (Å²) in [6.45, 7) is 10.6. The maximum absolute atomic E-state index is 16.6. The molecule has 4 aromatic rings. The normalized spacial score (nSPS) is 22.4. The number of H-pyrrole nitrogens is 1. The van der Waals surface area contributed by atoms with Crippen LogP contribution in [0.5, 0.6) is 6.01 Å². The third-order valence-corrected chi connectivity index (χ3v) is 9.17. The van der Waals surface area contributed by atoms with Crippen LogP contribution in [0.2, 0.25) is 0 Å². The number of carbonyl (C=O) groups excluding carboxylic acids is 1. The number of hydrogen-bond acceptors (Lipinski definition) is 9. The summed E-state index contributed by atoms with van der Waals surface area (Å²) in [5.74, 6) is -0.110. The topological polar surface area (TPSA) is 113 Å². The van der Waals surface area contributed by atoms with E-state index >= 15 is 4.39 Å². The number of anilines is 1. The van der Waals surface area contributed by atoms with Gasteiger partial charge in [0.05, 0.1) is 22.6 Å². The number of carbonyl (C=O) groups is 1. The van der Waals surface area contributed by atoms with Crippen LogP contribution in [-0.2, 0) is 4.74 Å². The predicted molar refractivity (Wildman–Crippen MR) is 166 cm³/mol. The van der Waals surface area contributed by atoms with Crippen LogP contribution in [0.4, 0.5) is 19.4 Å². The number of alkyl halides is 1. The second kappa shape index (κ2) is 11.0. The number of benzene rings is 1. The molecule has 7 rings (SSSR count). The van der Waals surface area contributed by atoms with Gasteiger partial charge in [-0.25, -0.2) is 13.6 Å². The van der Waals surface area contributed by atoms with E-state index in [1.54, 1.807) is 17.3 Å². The monoisotopic (exact) mass is 620 g/mol. The largest absolute Gasteiger partial charge is 0.461 e. The SMILES string of the molecule is Cc1ccc2[nH]ncc2c1-c1ncc2c(N3CCN(C(=O)OC(C)(C)C)CC3)nc(OC[C@@]34CCCN3C[C@H](F)C4)nc2c1F. The lowest BCUT2D eigenvalue weighted by Crippen LogP contribution is -2.50. The lowest BCUT2D eigenvalue weighted by Gasteiger charge is -2.36. The van der Waals surface area contributed by atoms with Crippen molar-refractivity contribution in [1.82, 2.24) is 34.9 Å². The van der Waals surface area contributed by atoms with Crippen molar-refractivity contribution in [3.05, 3.63) is 35.9 Å². The summed E-state index contributed by atoms with van der Waals surface area (Å²) in [5.41, 5.74) is 1.50. The predicted octanol–water partition coefficient (Wildman–Crippen LogP) is 5.03. The lowest BCUT2D eigenvalue weighted by molar-refractivity contribution is 0.0240. The van der Waals surface area contributed by atoms with Crippen LogP contribution in [0, 0.1) is 12.7 Å². The van der Waals surface area contributed by atoms with Crippen molar-refractivity contribution in [2.24, 2.45) is 0 Å². The summed E-state index contributed by atoms with van der Waals surface area (Å²) in [5, 5.41) is 8.29. The van der Waals surface area contributed by atoms with Crippen molar-refractivity contribution in [3.8, 4) is 17.3 Å². The molecule has 0 unspecified atom stereocenters. The Morgan fingerprint density at radius 2 is 1.91 bits per heavy atom. The number of aromatic nitrogens is 5. The van der Waals surface area contributed by atoms with Crippen molar-refractivity contribution in [3.63, 3.8) is 0 Å². The fourth-order valence-corrected chi connectivity index (χ4v) is 7.02. The summed E-state index contributed by atoms with van der Waals surface area (Å²) in [7, 11) is 0. The Morgan fingerprint density at radius 1 is 1.11 bits per heavy atom. The molecule has 1 amide bonds. The van der Waals surface area contributed by atoms with Crippen molar-refractivity contribution >= 4 is 33.7 Å². The Kier molecular flexibility index (Phi) is 7.25. The smallest absolute Gasteiger partial charge is 0.410 e. The van der Waals surface area contributed by atoms with Crippen LogP contribution < -0.4 is 9.64 Å². The summed E-state index contributed by atoms with van der Waals surface area (Å²) in [6, 6.07) is 3.84. The van der Waals surface area contributed by atoms with Gasteiger partial charge in [0.2, 0.25) is 0 Å². The molecule has 3 aromatic heterocycles. The van der Waals surface area contributed by atoms with Gasteiger partial charge in [-0.05, 0) is 58.7 Å². The third kappa shape index (κ3) is 5.40. The van der Waals surface area contributed by atoms with Gasteiger partial charge in [0, 0.05) is 56.3 Å². The molecular weight excluding hydrogens is 582 g/mol. The molecule has 1 aromatic carbocycles. The Balaban J connectivity index is 1.26. The maximum Gasteiger partial charge on any atom is 0.410 e. The number of ether oxygens (including phenoxy) is 2. The van der Waals surface area contributed by atoms with Gasteiger partial charge < -0.3 is 19.3 Å². The molecule has 11 nitrogen and oxygen atoms in total. The zero-order chi connectivity index (χ0) is 31.5. The van der Waals surface area contributed by atoms with Gasteiger partial charge in [0.1, 0.15) is 35.4 Å². The fourth-order valence-electron chi connectivity index (χ4n) is 7.02. The molecule has 13 heteroatoms. The molecule has 0 spiro atoms. The van der Waals surface area contributed by atoms with E-state index in [1.165, 1.54) is 0 Å². The van der Waals surface area contributed by atoms with Crippen LogP contribution in [0.15, 0.2) is 24.5 Å². The van der Waals surface area contributed by atoms with Gasteiger partial charge in [-0.15, -0.1) is 0 Å². The summed E-state index contributed by atoms with van der Waals surface area (Å²) < 4.78 is 42.9. The van der Waals surface area contributed by atoms with E-state index in [1.807, 2.05) is 44.7 Å². The Bertz CT molecular complexity index is 1770. The first-order chi connectivity index (χ1) is 21.5. The molecule has 6 heterocycles. The number of aromatic amines is 1. The molecule has 1 N–H and O–H groups in total. The van der Waals surface area contributed by atoms with Crippen LogP contribution in [0.25, 0.3) is 33.1 Å². The number of hydrogen-bond donors (Lipinski definition) is 1.